The van der Waals surface area contributed by atoms with E-state index in [-0.39, 0.29) is 27.9 Å². The van der Waals surface area contributed by atoms with Gasteiger partial charge in [0.2, 0.25) is 6.41 Å². The number of rotatable bonds is 12. The monoisotopic (exact) mass is 417 g/mol. The Bertz CT molecular complexity index is 695. The van der Waals surface area contributed by atoms with Crippen LogP contribution in [0.2, 0.25) is 10.0 Å². The Labute approximate surface area is 169 Å². The third-order valence-electron chi connectivity index (χ3n) is 3.78. The standard InChI is InChI=1S/C18H25Cl2N3O4/c1-12(25)5-4-8-18(2,3)27-23(11-24)10-9-22-14-7-6-13(19)16(20)15(14)17(21)26/h6-7,11,22H,4-5,8-10H2,1-3H3,(H2,21,26). The topological polar surface area (TPSA) is 102 Å². The molecule has 0 spiro atoms. The van der Waals surface area contributed by atoms with E-state index in [0.29, 0.717) is 37.9 Å². The fourth-order valence-electron chi connectivity index (χ4n) is 2.49. The van der Waals surface area contributed by atoms with E-state index in [1.54, 1.807) is 19.1 Å². The second kappa shape index (κ2) is 10.5. The van der Waals surface area contributed by atoms with Crippen LogP contribution in [0.15, 0.2) is 12.1 Å². The third kappa shape index (κ3) is 7.74. The summed E-state index contributed by atoms with van der Waals surface area (Å²) in [6.45, 7) is 5.75. The normalized spacial score (nSPS) is 11.1. The van der Waals surface area contributed by atoms with Crippen molar-refractivity contribution >= 4 is 47.0 Å². The number of carbonyl (C=O) groups excluding carboxylic acids is 3. The molecule has 0 fully saturated rings. The lowest BCUT2D eigenvalue weighted by molar-refractivity contribution is -0.221. The van der Waals surface area contributed by atoms with Crippen LogP contribution in [-0.2, 0) is 14.4 Å². The highest BCUT2D eigenvalue weighted by Gasteiger charge is 2.22. The van der Waals surface area contributed by atoms with E-state index in [1.807, 2.05) is 13.8 Å². The van der Waals surface area contributed by atoms with Crippen LogP contribution in [0.4, 0.5) is 5.69 Å². The van der Waals surface area contributed by atoms with Crippen molar-refractivity contribution in [3.63, 3.8) is 0 Å². The number of amides is 2. The van der Waals surface area contributed by atoms with Crippen LogP contribution >= 0.6 is 23.2 Å². The van der Waals surface area contributed by atoms with Gasteiger partial charge in [-0.3, -0.25) is 14.4 Å². The van der Waals surface area contributed by atoms with Gasteiger partial charge in [-0.05, 0) is 45.7 Å². The number of hydrogen-bond acceptors (Lipinski definition) is 5. The molecule has 27 heavy (non-hydrogen) atoms. The first kappa shape index (κ1) is 23.2. The van der Waals surface area contributed by atoms with Crippen molar-refractivity contribution in [1.82, 2.24) is 5.06 Å². The quantitative estimate of drug-likeness (QED) is 0.400. The van der Waals surface area contributed by atoms with Gasteiger partial charge in [-0.1, -0.05) is 23.2 Å². The van der Waals surface area contributed by atoms with Gasteiger partial charge in [0.05, 0.1) is 27.8 Å². The second-order valence-electron chi connectivity index (χ2n) is 6.73. The van der Waals surface area contributed by atoms with Crippen LogP contribution in [0.5, 0.6) is 0 Å². The lowest BCUT2D eigenvalue weighted by Crippen LogP contribution is -2.38. The minimum atomic E-state index is -0.708. The Morgan fingerprint density at radius 1 is 1.33 bits per heavy atom. The maximum atomic E-state index is 11.6. The van der Waals surface area contributed by atoms with Gasteiger partial charge in [0.15, 0.2) is 0 Å². The molecule has 0 aliphatic rings. The summed E-state index contributed by atoms with van der Waals surface area (Å²) in [6, 6.07) is 3.14. The second-order valence-corrected chi connectivity index (χ2v) is 7.51. The Balaban J connectivity index is 2.63. The average Bonchev–Trinajstić information content (AvgIpc) is 2.56. The molecule has 0 saturated carbocycles. The molecule has 1 aromatic carbocycles. The fraction of sp³-hybridized carbons (Fsp3) is 0.500. The molecule has 0 unspecified atom stereocenters. The van der Waals surface area contributed by atoms with E-state index >= 15 is 0 Å². The Kier molecular flexibility index (Phi) is 9.02. The summed E-state index contributed by atoms with van der Waals surface area (Å²) >= 11 is 11.9. The summed E-state index contributed by atoms with van der Waals surface area (Å²) < 4.78 is 0. The van der Waals surface area contributed by atoms with Crippen molar-refractivity contribution < 1.29 is 19.2 Å². The average molecular weight is 418 g/mol. The van der Waals surface area contributed by atoms with Gasteiger partial charge in [0.25, 0.3) is 5.91 Å². The molecule has 0 bridgehead atoms. The van der Waals surface area contributed by atoms with Crippen LogP contribution < -0.4 is 11.1 Å². The number of anilines is 1. The zero-order valence-corrected chi connectivity index (χ0v) is 17.2. The van der Waals surface area contributed by atoms with Gasteiger partial charge in [-0.2, -0.15) is 0 Å². The van der Waals surface area contributed by atoms with E-state index < -0.39 is 11.5 Å². The van der Waals surface area contributed by atoms with E-state index in [9.17, 15) is 14.4 Å². The molecule has 0 radical (unpaired) electrons. The van der Waals surface area contributed by atoms with Crippen molar-refractivity contribution in [2.24, 2.45) is 5.73 Å². The van der Waals surface area contributed by atoms with Crippen LogP contribution in [-0.4, -0.2) is 41.9 Å². The van der Waals surface area contributed by atoms with Gasteiger partial charge in [0.1, 0.15) is 5.78 Å². The van der Waals surface area contributed by atoms with Gasteiger partial charge in [0, 0.05) is 18.7 Å². The van der Waals surface area contributed by atoms with Gasteiger partial charge >= 0.3 is 0 Å². The summed E-state index contributed by atoms with van der Waals surface area (Å²) in [7, 11) is 0. The van der Waals surface area contributed by atoms with E-state index in [2.05, 4.69) is 5.32 Å². The zero-order valence-electron chi connectivity index (χ0n) is 15.7. The number of halogens is 2. The molecule has 0 aliphatic carbocycles. The first-order chi connectivity index (χ1) is 12.6. The Hall–Kier alpha value is -1.83. The number of carbonyl (C=O) groups is 3. The zero-order chi connectivity index (χ0) is 20.6. The Morgan fingerprint density at radius 3 is 2.56 bits per heavy atom. The predicted molar refractivity (Wildman–Crippen MR) is 106 cm³/mol. The van der Waals surface area contributed by atoms with Crippen LogP contribution in [0, 0.1) is 0 Å². The summed E-state index contributed by atoms with van der Waals surface area (Å²) in [5.74, 6) is -0.589. The lowest BCUT2D eigenvalue weighted by Gasteiger charge is -2.30. The maximum Gasteiger partial charge on any atom is 0.252 e. The molecule has 7 nitrogen and oxygen atoms in total. The molecule has 2 amide bonds. The molecule has 0 aromatic heterocycles. The smallest absolute Gasteiger partial charge is 0.252 e. The summed E-state index contributed by atoms with van der Waals surface area (Å²) in [6.07, 6.45) is 2.36. The molecule has 1 rings (SSSR count). The van der Waals surface area contributed by atoms with E-state index in [4.69, 9.17) is 33.8 Å². The highest BCUT2D eigenvalue weighted by atomic mass is 35.5. The minimum absolute atomic E-state index is 0.0734. The van der Waals surface area contributed by atoms with Crippen LogP contribution in [0.25, 0.3) is 0 Å². The molecule has 0 aliphatic heterocycles. The molecule has 0 heterocycles. The van der Waals surface area contributed by atoms with Crippen LogP contribution in [0.1, 0.15) is 50.4 Å². The number of nitrogens with one attached hydrogen (secondary N) is 1. The fourth-order valence-corrected chi connectivity index (χ4v) is 2.90. The molecule has 9 heteroatoms. The van der Waals surface area contributed by atoms with Crippen molar-refractivity contribution in [3.05, 3.63) is 27.7 Å². The molecular weight excluding hydrogens is 393 g/mol. The van der Waals surface area contributed by atoms with E-state index in [0.717, 1.165) is 0 Å². The van der Waals surface area contributed by atoms with Gasteiger partial charge < -0.3 is 15.8 Å². The van der Waals surface area contributed by atoms with Crippen molar-refractivity contribution in [2.45, 2.75) is 45.6 Å². The van der Waals surface area contributed by atoms with Gasteiger partial charge in [-0.15, -0.1) is 0 Å². The van der Waals surface area contributed by atoms with Crippen LogP contribution in [0.3, 0.4) is 0 Å². The van der Waals surface area contributed by atoms with Crippen molar-refractivity contribution in [2.75, 3.05) is 18.4 Å². The molecular formula is C18H25Cl2N3O4. The largest absolute Gasteiger partial charge is 0.382 e. The number of ketones is 1. The highest BCUT2D eigenvalue weighted by Crippen LogP contribution is 2.31. The molecule has 0 atom stereocenters. The third-order valence-corrected chi connectivity index (χ3v) is 4.58. The number of Topliss-reactive ketones (excluding diaryl/α,β-unsaturated/α-hetero) is 1. The number of benzene rings is 1. The number of hydrogen-bond donors (Lipinski definition) is 2. The van der Waals surface area contributed by atoms with E-state index in [1.165, 1.54) is 5.06 Å². The predicted octanol–water partition coefficient (Wildman–Crippen LogP) is 3.43. The maximum absolute atomic E-state index is 11.6. The summed E-state index contributed by atoms with van der Waals surface area (Å²) in [5, 5.41) is 4.47. The Morgan fingerprint density at radius 2 is 2.00 bits per heavy atom. The molecule has 3 N–H and O–H groups in total. The number of primary amides is 1. The van der Waals surface area contributed by atoms with Gasteiger partial charge in [-0.25, -0.2) is 5.06 Å². The number of hydroxylamine groups is 2. The SMILES string of the molecule is CC(=O)CCCC(C)(C)ON(C=O)CCNc1ccc(Cl)c(Cl)c1C(N)=O. The molecule has 150 valence electrons. The first-order valence-electron chi connectivity index (χ1n) is 8.49. The molecule has 0 saturated heterocycles. The highest BCUT2D eigenvalue weighted by molar-refractivity contribution is 6.44. The molecule has 1 aromatic rings. The number of nitrogens with two attached hydrogens (primary N) is 1. The summed E-state index contributed by atoms with van der Waals surface area (Å²) in [5.41, 5.74) is 5.27. The summed E-state index contributed by atoms with van der Waals surface area (Å²) in [4.78, 5) is 39.6. The minimum Gasteiger partial charge on any atom is -0.382 e. The van der Waals surface area contributed by atoms with Crippen molar-refractivity contribution in [1.29, 1.82) is 0 Å². The van der Waals surface area contributed by atoms with Crippen molar-refractivity contribution in [3.8, 4) is 0 Å². The lowest BCUT2D eigenvalue weighted by atomic mass is 10.0. The number of nitrogens with zero attached hydrogens (tertiary/aromatic N) is 1. The first-order valence-corrected chi connectivity index (χ1v) is 9.25.